The van der Waals surface area contributed by atoms with Crippen LogP contribution >= 0.6 is 0 Å². The van der Waals surface area contributed by atoms with Crippen molar-refractivity contribution in [2.24, 2.45) is 11.7 Å². The summed E-state index contributed by atoms with van der Waals surface area (Å²) in [6.45, 7) is 6.78. The third kappa shape index (κ3) is 4.57. The molecular weight excluding hydrogens is 374 g/mol. The van der Waals surface area contributed by atoms with E-state index in [0.717, 1.165) is 24.0 Å². The smallest absolute Gasteiger partial charge is 0.248 e. The fourth-order valence-corrected chi connectivity index (χ4v) is 4.36. The van der Waals surface area contributed by atoms with Crippen LogP contribution in [0, 0.1) is 19.8 Å². The van der Waals surface area contributed by atoms with Gasteiger partial charge in [-0.1, -0.05) is 37.3 Å². The summed E-state index contributed by atoms with van der Waals surface area (Å²) in [5.41, 5.74) is 10.5. The van der Waals surface area contributed by atoms with Crippen LogP contribution in [0.5, 0.6) is 0 Å². The van der Waals surface area contributed by atoms with Gasteiger partial charge in [-0.15, -0.1) is 0 Å². The van der Waals surface area contributed by atoms with Crippen molar-refractivity contribution in [1.82, 2.24) is 10.2 Å². The minimum Gasteiger partial charge on any atom is -0.366 e. The highest BCUT2D eigenvalue weighted by atomic mass is 16.2. The first-order valence-corrected chi connectivity index (χ1v) is 10.5. The van der Waals surface area contributed by atoms with Crippen LogP contribution in [0.25, 0.3) is 0 Å². The number of rotatable bonds is 8. The second-order valence-corrected chi connectivity index (χ2v) is 9.06. The summed E-state index contributed by atoms with van der Waals surface area (Å²) in [6, 6.07) is 14.2. The van der Waals surface area contributed by atoms with Gasteiger partial charge < -0.3 is 16.0 Å². The van der Waals surface area contributed by atoms with Crippen molar-refractivity contribution in [1.29, 1.82) is 0 Å². The lowest BCUT2D eigenvalue weighted by Crippen LogP contribution is -2.42. The summed E-state index contributed by atoms with van der Waals surface area (Å²) in [6.07, 6.45) is 1.69. The molecule has 30 heavy (non-hydrogen) atoms. The van der Waals surface area contributed by atoms with Gasteiger partial charge in [0.2, 0.25) is 11.8 Å². The van der Waals surface area contributed by atoms with Gasteiger partial charge >= 0.3 is 0 Å². The Balaban J connectivity index is 1.65. The fourth-order valence-electron chi connectivity index (χ4n) is 4.36. The third-order valence-corrected chi connectivity index (χ3v) is 6.65. The monoisotopic (exact) mass is 407 g/mol. The van der Waals surface area contributed by atoms with E-state index in [4.69, 9.17) is 5.73 Å². The van der Waals surface area contributed by atoms with E-state index in [9.17, 15) is 9.59 Å². The Kier molecular flexibility index (Phi) is 6.32. The second kappa shape index (κ2) is 8.60. The minimum atomic E-state index is -0.407. The molecule has 0 heterocycles. The Labute approximate surface area is 179 Å². The average molecular weight is 408 g/mol. The number of nitrogens with two attached hydrogens (primary N) is 1. The zero-order chi connectivity index (χ0) is 22.1. The van der Waals surface area contributed by atoms with Gasteiger partial charge in [-0.2, -0.15) is 0 Å². The zero-order valence-corrected chi connectivity index (χ0v) is 18.7. The first kappa shape index (κ1) is 22.0. The number of amides is 2. The maximum Gasteiger partial charge on any atom is 0.248 e. The largest absolute Gasteiger partial charge is 0.366 e. The molecule has 1 aliphatic carbocycles. The van der Waals surface area contributed by atoms with Crippen molar-refractivity contribution in [3.8, 4) is 0 Å². The summed E-state index contributed by atoms with van der Waals surface area (Å²) in [5, 5.41) is 3.19. The lowest BCUT2D eigenvalue weighted by molar-refractivity contribution is -0.122. The molecule has 1 aliphatic rings. The molecule has 5 heteroatoms. The maximum atomic E-state index is 12.8. The number of primary amides is 1. The number of carbonyl (C=O) groups excluding carboxylic acids is 2. The molecule has 0 spiro atoms. The SMILES string of the molecule is Cc1cc(C(N)=O)cc(C)c1CC(CNC(=O)[C@@H]1C[C@@]1(C)c1ccccc1)N(C)C. The summed E-state index contributed by atoms with van der Waals surface area (Å²) in [4.78, 5) is 26.5. The van der Waals surface area contributed by atoms with Gasteiger partial charge in [-0.25, -0.2) is 0 Å². The topological polar surface area (TPSA) is 75.4 Å². The lowest BCUT2D eigenvalue weighted by Gasteiger charge is -2.26. The van der Waals surface area contributed by atoms with Crippen LogP contribution in [0.15, 0.2) is 42.5 Å². The number of benzene rings is 2. The molecule has 5 nitrogen and oxygen atoms in total. The molecule has 2 aromatic carbocycles. The molecule has 1 fully saturated rings. The van der Waals surface area contributed by atoms with Crippen molar-refractivity contribution < 1.29 is 9.59 Å². The Morgan fingerprint density at radius 2 is 1.77 bits per heavy atom. The molecule has 0 saturated heterocycles. The van der Waals surface area contributed by atoms with Gasteiger partial charge in [0.05, 0.1) is 0 Å². The number of hydrogen-bond donors (Lipinski definition) is 2. The van der Waals surface area contributed by atoms with E-state index in [2.05, 4.69) is 29.3 Å². The van der Waals surface area contributed by atoms with Gasteiger partial charge in [-0.3, -0.25) is 9.59 Å². The van der Waals surface area contributed by atoms with Crippen LogP contribution < -0.4 is 11.1 Å². The fraction of sp³-hybridized carbons (Fsp3) is 0.440. The lowest BCUT2D eigenvalue weighted by atomic mass is 9.93. The van der Waals surface area contributed by atoms with Crippen LogP contribution in [0.4, 0.5) is 0 Å². The molecule has 3 N–H and O–H groups in total. The molecule has 3 atom stereocenters. The molecule has 1 unspecified atom stereocenters. The van der Waals surface area contributed by atoms with Crippen LogP contribution in [-0.2, 0) is 16.6 Å². The normalized spacial score (nSPS) is 21.3. The predicted molar refractivity (Wildman–Crippen MR) is 121 cm³/mol. The average Bonchev–Trinajstić information content (AvgIpc) is 3.40. The number of aryl methyl sites for hydroxylation is 2. The van der Waals surface area contributed by atoms with Crippen LogP contribution in [0.1, 0.15) is 46.0 Å². The minimum absolute atomic E-state index is 0.0287. The first-order valence-electron chi connectivity index (χ1n) is 10.5. The molecular formula is C25H33N3O2. The Morgan fingerprint density at radius 1 is 1.17 bits per heavy atom. The van der Waals surface area contributed by atoms with Crippen molar-refractivity contribution in [3.05, 3.63) is 70.3 Å². The molecule has 3 rings (SSSR count). The van der Waals surface area contributed by atoms with Gasteiger partial charge in [-0.05, 0) is 75.2 Å². The van der Waals surface area contributed by atoms with Crippen LogP contribution in [-0.4, -0.2) is 43.4 Å². The van der Waals surface area contributed by atoms with E-state index in [1.165, 1.54) is 11.1 Å². The highest BCUT2D eigenvalue weighted by Crippen LogP contribution is 2.53. The van der Waals surface area contributed by atoms with Gasteiger partial charge in [0.1, 0.15) is 0 Å². The highest BCUT2D eigenvalue weighted by molar-refractivity contribution is 5.93. The number of nitrogens with one attached hydrogen (secondary N) is 1. The number of nitrogens with zero attached hydrogens (tertiary/aromatic N) is 1. The standard InChI is InChI=1S/C25H33N3O2/c1-16-11-18(23(26)29)12-17(2)21(16)13-20(28(4)5)15-27-24(30)22-14-25(22,3)19-9-7-6-8-10-19/h6-12,20,22H,13-15H2,1-5H3,(H2,26,29)(H,27,30)/t20?,22-,25-/m0/s1. The number of likely N-dealkylation sites (N-methyl/N-ethyl adjacent to an activating group) is 1. The first-order chi connectivity index (χ1) is 14.1. The molecule has 0 aliphatic heterocycles. The molecule has 1 saturated carbocycles. The molecule has 2 aromatic rings. The summed E-state index contributed by atoms with van der Waals surface area (Å²) < 4.78 is 0. The van der Waals surface area contributed by atoms with E-state index in [0.29, 0.717) is 12.1 Å². The molecule has 0 aromatic heterocycles. The second-order valence-electron chi connectivity index (χ2n) is 9.06. The molecule has 0 radical (unpaired) electrons. The Hall–Kier alpha value is -2.66. The van der Waals surface area contributed by atoms with Crippen molar-refractivity contribution in [3.63, 3.8) is 0 Å². The number of hydrogen-bond acceptors (Lipinski definition) is 3. The molecule has 160 valence electrons. The summed E-state index contributed by atoms with van der Waals surface area (Å²) >= 11 is 0. The Morgan fingerprint density at radius 3 is 2.30 bits per heavy atom. The van der Waals surface area contributed by atoms with Crippen molar-refractivity contribution in [2.45, 2.75) is 45.1 Å². The summed E-state index contributed by atoms with van der Waals surface area (Å²) in [7, 11) is 4.06. The third-order valence-electron chi connectivity index (χ3n) is 6.65. The van der Waals surface area contributed by atoms with E-state index in [1.54, 1.807) is 0 Å². The molecule has 2 amide bonds. The zero-order valence-electron chi connectivity index (χ0n) is 18.7. The maximum absolute atomic E-state index is 12.8. The van der Waals surface area contributed by atoms with Crippen molar-refractivity contribution in [2.75, 3.05) is 20.6 Å². The van der Waals surface area contributed by atoms with E-state index >= 15 is 0 Å². The number of carbonyl (C=O) groups is 2. The van der Waals surface area contributed by atoms with E-state index < -0.39 is 5.91 Å². The van der Waals surface area contributed by atoms with E-state index in [-0.39, 0.29) is 23.3 Å². The van der Waals surface area contributed by atoms with Crippen LogP contribution in [0.2, 0.25) is 0 Å². The van der Waals surface area contributed by atoms with Crippen LogP contribution in [0.3, 0.4) is 0 Å². The van der Waals surface area contributed by atoms with Crippen molar-refractivity contribution >= 4 is 11.8 Å². The van der Waals surface area contributed by atoms with Gasteiger partial charge in [0, 0.05) is 29.5 Å². The Bertz CT molecular complexity index is 916. The van der Waals surface area contributed by atoms with Gasteiger partial charge in [0.15, 0.2) is 0 Å². The van der Waals surface area contributed by atoms with E-state index in [1.807, 2.05) is 58.3 Å². The predicted octanol–water partition coefficient (Wildman–Crippen LogP) is 2.97. The highest BCUT2D eigenvalue weighted by Gasteiger charge is 2.55. The molecule has 0 bridgehead atoms. The quantitative estimate of drug-likeness (QED) is 0.706. The van der Waals surface area contributed by atoms with Gasteiger partial charge in [0.25, 0.3) is 0 Å². The summed E-state index contributed by atoms with van der Waals surface area (Å²) in [5.74, 6) is -0.248.